The quantitative estimate of drug-likeness (QED) is 0.715. The standard InChI is InChI=1S/C17H20F2O/c1-2-11-3-5-12(6-4-11)16-8-7-13-9-14(18)15(19)10-17(13)20-16/h2,9-12,16H,1,3-8H2. The average molecular weight is 278 g/mol. The summed E-state index contributed by atoms with van der Waals surface area (Å²) in [6.07, 6.45) is 8.49. The lowest BCUT2D eigenvalue weighted by atomic mass is 9.77. The molecular weight excluding hydrogens is 258 g/mol. The van der Waals surface area contributed by atoms with Gasteiger partial charge in [-0.15, -0.1) is 6.58 Å². The predicted octanol–water partition coefficient (Wildman–Crippen LogP) is 4.65. The van der Waals surface area contributed by atoms with E-state index in [2.05, 4.69) is 6.58 Å². The van der Waals surface area contributed by atoms with Crippen molar-refractivity contribution in [1.29, 1.82) is 0 Å². The van der Waals surface area contributed by atoms with Crippen LogP contribution in [0.2, 0.25) is 0 Å². The smallest absolute Gasteiger partial charge is 0.162 e. The zero-order valence-electron chi connectivity index (χ0n) is 11.6. The first-order valence-corrected chi connectivity index (χ1v) is 7.44. The largest absolute Gasteiger partial charge is 0.490 e. The van der Waals surface area contributed by atoms with E-state index in [4.69, 9.17) is 4.74 Å². The van der Waals surface area contributed by atoms with E-state index in [0.717, 1.165) is 31.2 Å². The molecule has 1 unspecified atom stereocenters. The van der Waals surface area contributed by atoms with E-state index in [-0.39, 0.29) is 6.10 Å². The summed E-state index contributed by atoms with van der Waals surface area (Å²) in [6, 6.07) is 2.47. The van der Waals surface area contributed by atoms with Gasteiger partial charge in [-0.05, 0) is 62.0 Å². The Morgan fingerprint density at radius 3 is 2.45 bits per heavy atom. The molecule has 20 heavy (non-hydrogen) atoms. The molecule has 1 nitrogen and oxygen atoms in total. The first-order valence-electron chi connectivity index (χ1n) is 7.44. The third kappa shape index (κ3) is 2.58. The molecule has 0 radical (unpaired) electrons. The van der Waals surface area contributed by atoms with E-state index in [1.54, 1.807) is 0 Å². The molecule has 1 aliphatic carbocycles. The summed E-state index contributed by atoms with van der Waals surface area (Å²) in [5.74, 6) is 0.101. The minimum absolute atomic E-state index is 0.151. The molecule has 2 aliphatic rings. The van der Waals surface area contributed by atoms with E-state index in [0.29, 0.717) is 17.6 Å². The zero-order valence-corrected chi connectivity index (χ0v) is 11.6. The fourth-order valence-corrected chi connectivity index (χ4v) is 3.48. The number of ether oxygens (including phenoxy) is 1. The van der Waals surface area contributed by atoms with Crippen molar-refractivity contribution in [3.63, 3.8) is 0 Å². The number of fused-ring (bicyclic) bond motifs is 1. The van der Waals surface area contributed by atoms with Crippen molar-refractivity contribution in [2.24, 2.45) is 11.8 Å². The Labute approximate surface area is 118 Å². The van der Waals surface area contributed by atoms with Gasteiger partial charge in [-0.2, -0.15) is 0 Å². The minimum Gasteiger partial charge on any atom is -0.490 e. The highest BCUT2D eigenvalue weighted by atomic mass is 19.2. The molecule has 0 aromatic heterocycles. The van der Waals surface area contributed by atoms with Gasteiger partial charge in [-0.3, -0.25) is 0 Å². The summed E-state index contributed by atoms with van der Waals surface area (Å²) in [6.45, 7) is 3.86. The summed E-state index contributed by atoms with van der Waals surface area (Å²) in [7, 11) is 0. The number of halogens is 2. The van der Waals surface area contributed by atoms with Gasteiger partial charge in [0, 0.05) is 6.07 Å². The van der Waals surface area contributed by atoms with Gasteiger partial charge in [0.05, 0.1) is 0 Å². The van der Waals surface area contributed by atoms with Gasteiger partial charge < -0.3 is 4.74 Å². The Hall–Kier alpha value is -1.38. The molecule has 0 amide bonds. The summed E-state index contributed by atoms with van der Waals surface area (Å²) < 4.78 is 32.5. The zero-order chi connectivity index (χ0) is 14.1. The fraction of sp³-hybridized carbons (Fsp3) is 0.529. The molecule has 0 spiro atoms. The lowest BCUT2D eigenvalue weighted by Crippen LogP contribution is -2.33. The molecule has 3 rings (SSSR count). The molecule has 1 heterocycles. The van der Waals surface area contributed by atoms with Crippen LogP contribution in [-0.2, 0) is 6.42 Å². The van der Waals surface area contributed by atoms with Crippen LogP contribution in [0.15, 0.2) is 24.8 Å². The first-order chi connectivity index (χ1) is 9.67. The van der Waals surface area contributed by atoms with Crippen LogP contribution in [0.3, 0.4) is 0 Å². The van der Waals surface area contributed by atoms with E-state index >= 15 is 0 Å². The monoisotopic (exact) mass is 278 g/mol. The minimum atomic E-state index is -0.820. The number of allylic oxidation sites excluding steroid dienone is 1. The highest BCUT2D eigenvalue weighted by Crippen LogP contribution is 2.38. The van der Waals surface area contributed by atoms with Gasteiger partial charge in [0.25, 0.3) is 0 Å². The summed E-state index contributed by atoms with van der Waals surface area (Å²) in [5, 5.41) is 0. The highest BCUT2D eigenvalue weighted by Gasteiger charge is 2.31. The van der Waals surface area contributed by atoms with Gasteiger partial charge in [0.1, 0.15) is 11.9 Å². The lowest BCUT2D eigenvalue weighted by molar-refractivity contribution is 0.0811. The molecule has 1 saturated carbocycles. The van der Waals surface area contributed by atoms with E-state index in [9.17, 15) is 8.78 Å². The van der Waals surface area contributed by atoms with E-state index in [1.807, 2.05) is 6.08 Å². The van der Waals surface area contributed by atoms with Crippen molar-refractivity contribution in [3.8, 4) is 5.75 Å². The second-order valence-corrected chi connectivity index (χ2v) is 5.98. The number of hydrogen-bond acceptors (Lipinski definition) is 1. The van der Waals surface area contributed by atoms with Crippen molar-refractivity contribution >= 4 is 0 Å². The Morgan fingerprint density at radius 1 is 1.05 bits per heavy atom. The van der Waals surface area contributed by atoms with Crippen LogP contribution in [0.1, 0.15) is 37.7 Å². The third-order valence-corrected chi connectivity index (χ3v) is 4.76. The van der Waals surface area contributed by atoms with Crippen LogP contribution in [0.25, 0.3) is 0 Å². The van der Waals surface area contributed by atoms with Crippen molar-refractivity contribution in [3.05, 3.63) is 42.0 Å². The average Bonchev–Trinajstić information content (AvgIpc) is 2.48. The molecule has 0 saturated heterocycles. The van der Waals surface area contributed by atoms with Crippen molar-refractivity contribution in [2.75, 3.05) is 0 Å². The molecule has 3 heteroatoms. The summed E-state index contributed by atoms with van der Waals surface area (Å²) in [4.78, 5) is 0. The molecule has 1 aromatic rings. The number of rotatable bonds is 2. The van der Waals surface area contributed by atoms with E-state index in [1.165, 1.54) is 25.0 Å². The van der Waals surface area contributed by atoms with Crippen molar-refractivity contribution in [1.82, 2.24) is 0 Å². The Kier molecular flexibility index (Phi) is 3.77. The molecule has 1 atom stereocenters. The third-order valence-electron chi connectivity index (χ3n) is 4.76. The van der Waals surface area contributed by atoms with Gasteiger partial charge >= 0.3 is 0 Å². The van der Waals surface area contributed by atoms with Crippen LogP contribution in [0.5, 0.6) is 5.75 Å². The maximum Gasteiger partial charge on any atom is 0.162 e. The molecule has 1 aromatic carbocycles. The van der Waals surface area contributed by atoms with Crippen LogP contribution >= 0.6 is 0 Å². The fourth-order valence-electron chi connectivity index (χ4n) is 3.48. The van der Waals surface area contributed by atoms with Crippen molar-refractivity contribution < 1.29 is 13.5 Å². The van der Waals surface area contributed by atoms with Gasteiger partial charge in [0.2, 0.25) is 0 Å². The normalized spacial score (nSPS) is 29.4. The molecule has 1 aliphatic heterocycles. The van der Waals surface area contributed by atoms with Gasteiger partial charge in [-0.25, -0.2) is 8.78 Å². The molecule has 0 N–H and O–H groups in total. The van der Waals surface area contributed by atoms with Crippen LogP contribution in [0.4, 0.5) is 8.78 Å². The number of benzene rings is 1. The summed E-state index contributed by atoms with van der Waals surface area (Å²) >= 11 is 0. The van der Waals surface area contributed by atoms with Crippen LogP contribution in [0, 0.1) is 23.5 Å². The van der Waals surface area contributed by atoms with Gasteiger partial charge in [-0.1, -0.05) is 6.08 Å². The maximum absolute atomic E-state index is 13.3. The second kappa shape index (κ2) is 5.55. The van der Waals surface area contributed by atoms with Crippen LogP contribution in [-0.4, -0.2) is 6.10 Å². The maximum atomic E-state index is 13.3. The van der Waals surface area contributed by atoms with Crippen LogP contribution < -0.4 is 4.74 Å². The predicted molar refractivity (Wildman–Crippen MR) is 74.7 cm³/mol. The molecule has 0 bridgehead atoms. The molecule has 1 fully saturated rings. The number of hydrogen-bond donors (Lipinski definition) is 0. The highest BCUT2D eigenvalue weighted by molar-refractivity contribution is 5.36. The Morgan fingerprint density at radius 2 is 1.75 bits per heavy atom. The lowest BCUT2D eigenvalue weighted by Gasteiger charge is -2.36. The Bertz CT molecular complexity index is 504. The van der Waals surface area contributed by atoms with Crippen molar-refractivity contribution in [2.45, 2.75) is 44.6 Å². The molecular formula is C17H20F2O. The Balaban J connectivity index is 1.69. The first kappa shape index (κ1) is 13.6. The summed E-state index contributed by atoms with van der Waals surface area (Å²) in [5.41, 5.74) is 0.792. The van der Waals surface area contributed by atoms with Gasteiger partial charge in [0.15, 0.2) is 11.6 Å². The SMILES string of the molecule is C=CC1CCC(C2CCc3cc(F)c(F)cc3O2)CC1. The topological polar surface area (TPSA) is 9.23 Å². The second-order valence-electron chi connectivity index (χ2n) is 5.98. The number of aryl methyl sites for hydroxylation is 1. The van der Waals surface area contributed by atoms with E-state index < -0.39 is 11.6 Å². The molecule has 108 valence electrons.